The van der Waals surface area contributed by atoms with Gasteiger partial charge in [-0.25, -0.2) is 5.43 Å². The minimum Gasteiger partial charge on any atom is -0.507 e. The number of benzene rings is 3. The van der Waals surface area contributed by atoms with Crippen LogP contribution in [-0.4, -0.2) is 34.7 Å². The van der Waals surface area contributed by atoms with Gasteiger partial charge in [0.25, 0.3) is 11.8 Å². The van der Waals surface area contributed by atoms with Crippen molar-refractivity contribution in [1.82, 2.24) is 10.7 Å². The van der Waals surface area contributed by atoms with E-state index < -0.39 is 16.7 Å². The molecule has 0 heterocycles. The van der Waals surface area contributed by atoms with Crippen LogP contribution in [0, 0.1) is 10.1 Å². The molecule has 0 radical (unpaired) electrons. The van der Waals surface area contributed by atoms with Crippen LogP contribution in [0.5, 0.6) is 11.5 Å². The van der Waals surface area contributed by atoms with Crippen molar-refractivity contribution in [3.8, 4) is 11.5 Å². The lowest BCUT2D eigenvalue weighted by atomic mass is 10.1. The number of nitrogens with one attached hydrogen (secondary N) is 2. The van der Waals surface area contributed by atoms with Crippen LogP contribution in [0.4, 0.5) is 5.69 Å². The van der Waals surface area contributed by atoms with Gasteiger partial charge in [0.05, 0.1) is 17.7 Å². The van der Waals surface area contributed by atoms with Crippen LogP contribution in [0.3, 0.4) is 0 Å². The third-order valence-electron chi connectivity index (χ3n) is 4.91. The molecule has 184 valence electrons. The fourth-order valence-electron chi connectivity index (χ4n) is 3.10. The standard InChI is InChI=1S/C25H21ClN4O6/c1-15(19-14-18(26)9-10-22(19)31)28-29-25(33)20(27-24(32)17-6-4-3-5-7-17)12-16-8-11-23(36-2)21(13-16)30(34)35/h3-14,31H,1-2H3,(H,27,32)(H,29,33). The number of hydrogen-bond acceptors (Lipinski definition) is 7. The van der Waals surface area contributed by atoms with Gasteiger partial charge >= 0.3 is 5.69 Å². The minimum absolute atomic E-state index is 0.0398. The number of nitro groups is 1. The van der Waals surface area contributed by atoms with Gasteiger partial charge in [0.15, 0.2) is 5.75 Å². The first-order chi connectivity index (χ1) is 17.2. The van der Waals surface area contributed by atoms with Gasteiger partial charge in [-0.05, 0) is 55.0 Å². The molecular weight excluding hydrogens is 488 g/mol. The first-order valence-electron chi connectivity index (χ1n) is 10.4. The highest BCUT2D eigenvalue weighted by atomic mass is 35.5. The van der Waals surface area contributed by atoms with Gasteiger partial charge in [0.2, 0.25) is 0 Å². The van der Waals surface area contributed by atoms with Crippen molar-refractivity contribution in [3.63, 3.8) is 0 Å². The number of phenols is 1. The average molecular weight is 509 g/mol. The quantitative estimate of drug-likeness (QED) is 0.179. The number of amides is 2. The summed E-state index contributed by atoms with van der Waals surface area (Å²) in [6.07, 6.45) is 1.27. The van der Waals surface area contributed by atoms with Gasteiger partial charge in [-0.3, -0.25) is 19.7 Å². The maximum atomic E-state index is 13.0. The number of aromatic hydroxyl groups is 1. The highest BCUT2D eigenvalue weighted by Gasteiger charge is 2.18. The van der Waals surface area contributed by atoms with E-state index in [-0.39, 0.29) is 34.2 Å². The molecule has 11 heteroatoms. The Bertz CT molecular complexity index is 1370. The molecule has 0 spiro atoms. The Morgan fingerprint density at radius 3 is 2.50 bits per heavy atom. The van der Waals surface area contributed by atoms with Crippen molar-refractivity contribution in [2.75, 3.05) is 7.11 Å². The van der Waals surface area contributed by atoms with E-state index in [1.165, 1.54) is 49.6 Å². The van der Waals surface area contributed by atoms with Crippen LogP contribution in [0.15, 0.2) is 77.5 Å². The Morgan fingerprint density at radius 2 is 1.83 bits per heavy atom. The number of ether oxygens (including phenoxy) is 1. The maximum Gasteiger partial charge on any atom is 0.311 e. The first-order valence-corrected chi connectivity index (χ1v) is 10.8. The molecule has 0 bridgehead atoms. The van der Waals surface area contributed by atoms with Crippen LogP contribution in [0.1, 0.15) is 28.4 Å². The zero-order valence-corrected chi connectivity index (χ0v) is 19.9. The highest BCUT2D eigenvalue weighted by molar-refractivity contribution is 6.31. The number of carbonyl (C=O) groups is 2. The molecule has 0 aliphatic rings. The summed E-state index contributed by atoms with van der Waals surface area (Å²) < 4.78 is 5.00. The molecule has 0 atom stereocenters. The number of nitro benzene ring substituents is 1. The maximum absolute atomic E-state index is 13.0. The summed E-state index contributed by atoms with van der Waals surface area (Å²) >= 11 is 5.97. The number of hydrogen-bond donors (Lipinski definition) is 3. The summed E-state index contributed by atoms with van der Waals surface area (Å²) in [5, 5.41) is 28.3. The Balaban J connectivity index is 1.95. The molecule has 36 heavy (non-hydrogen) atoms. The molecule has 0 saturated carbocycles. The minimum atomic E-state index is -0.807. The summed E-state index contributed by atoms with van der Waals surface area (Å²) in [7, 11) is 1.30. The fourth-order valence-corrected chi connectivity index (χ4v) is 3.27. The van der Waals surface area contributed by atoms with Crippen molar-refractivity contribution in [1.29, 1.82) is 0 Å². The molecule has 0 aromatic heterocycles. The van der Waals surface area contributed by atoms with E-state index in [4.69, 9.17) is 16.3 Å². The van der Waals surface area contributed by atoms with Crippen LogP contribution < -0.4 is 15.5 Å². The smallest absolute Gasteiger partial charge is 0.311 e. The molecule has 0 aliphatic heterocycles. The number of nitrogens with zero attached hydrogens (tertiary/aromatic N) is 2. The molecule has 3 aromatic carbocycles. The van der Waals surface area contributed by atoms with Crippen molar-refractivity contribution < 1.29 is 24.4 Å². The second-order valence-electron chi connectivity index (χ2n) is 7.37. The SMILES string of the molecule is COc1ccc(C=C(NC(=O)c2ccccc2)C(=O)NN=C(C)c2cc(Cl)ccc2O)cc1[N+](=O)[O-]. The van der Waals surface area contributed by atoms with Gasteiger partial charge in [-0.2, -0.15) is 5.10 Å². The average Bonchev–Trinajstić information content (AvgIpc) is 2.88. The topological polar surface area (TPSA) is 143 Å². The van der Waals surface area contributed by atoms with E-state index in [9.17, 15) is 24.8 Å². The normalized spacial score (nSPS) is 11.5. The molecule has 0 aliphatic carbocycles. The summed E-state index contributed by atoms with van der Waals surface area (Å²) in [6.45, 7) is 1.55. The molecule has 3 rings (SSSR count). The lowest BCUT2D eigenvalue weighted by molar-refractivity contribution is -0.385. The van der Waals surface area contributed by atoms with Crippen LogP contribution in [0.25, 0.3) is 6.08 Å². The second-order valence-corrected chi connectivity index (χ2v) is 7.80. The third-order valence-corrected chi connectivity index (χ3v) is 5.15. The Labute approximate surface area is 211 Å². The predicted octanol–water partition coefficient (Wildman–Crippen LogP) is 4.27. The van der Waals surface area contributed by atoms with Crippen molar-refractivity contribution >= 4 is 40.9 Å². The zero-order chi connectivity index (χ0) is 26.2. The van der Waals surface area contributed by atoms with Crippen LogP contribution >= 0.6 is 11.6 Å². The summed E-state index contributed by atoms with van der Waals surface area (Å²) in [5.41, 5.74) is 2.87. The van der Waals surface area contributed by atoms with Crippen molar-refractivity contribution in [3.05, 3.63) is 104 Å². The summed E-state index contributed by atoms with van der Waals surface area (Å²) in [6, 6.07) is 16.6. The van der Waals surface area contributed by atoms with E-state index in [0.29, 0.717) is 16.1 Å². The zero-order valence-electron chi connectivity index (χ0n) is 19.2. The Kier molecular flexibility index (Phi) is 8.37. The number of phenolic OH excluding ortho intramolecular Hbond substituents is 1. The molecule has 0 saturated heterocycles. The van der Waals surface area contributed by atoms with Gasteiger partial charge in [0, 0.05) is 22.2 Å². The molecule has 0 fully saturated rings. The van der Waals surface area contributed by atoms with Crippen molar-refractivity contribution in [2.45, 2.75) is 6.92 Å². The van der Waals surface area contributed by atoms with Gasteiger partial charge in [0.1, 0.15) is 11.4 Å². The van der Waals surface area contributed by atoms with E-state index in [0.717, 1.165) is 0 Å². The molecule has 2 amide bonds. The second kappa shape index (κ2) is 11.6. The number of halogens is 1. The summed E-state index contributed by atoms with van der Waals surface area (Å²) in [5.74, 6) is -1.43. The van der Waals surface area contributed by atoms with Gasteiger partial charge in [-0.1, -0.05) is 35.9 Å². The van der Waals surface area contributed by atoms with Gasteiger partial charge in [-0.15, -0.1) is 0 Å². The summed E-state index contributed by atoms with van der Waals surface area (Å²) in [4.78, 5) is 36.5. The first kappa shape index (κ1) is 25.9. The van der Waals surface area contributed by atoms with E-state index >= 15 is 0 Å². The van der Waals surface area contributed by atoms with Crippen LogP contribution in [0.2, 0.25) is 5.02 Å². The largest absolute Gasteiger partial charge is 0.507 e. The lowest BCUT2D eigenvalue weighted by Gasteiger charge is -2.11. The molecule has 10 nitrogen and oxygen atoms in total. The number of carbonyl (C=O) groups excluding carboxylic acids is 2. The Morgan fingerprint density at radius 1 is 1.11 bits per heavy atom. The van der Waals surface area contributed by atoms with Crippen molar-refractivity contribution in [2.24, 2.45) is 5.10 Å². The van der Waals surface area contributed by atoms with Gasteiger partial charge < -0.3 is 15.2 Å². The van der Waals surface area contributed by atoms with E-state index in [2.05, 4.69) is 15.8 Å². The lowest BCUT2D eigenvalue weighted by Crippen LogP contribution is -2.33. The monoisotopic (exact) mass is 508 g/mol. The third kappa shape index (κ3) is 6.45. The number of hydrazone groups is 1. The Hall–Kier alpha value is -4.70. The number of methoxy groups -OCH3 is 1. The number of rotatable bonds is 8. The fraction of sp³-hybridized carbons (Fsp3) is 0.0800. The van der Waals surface area contributed by atoms with Crippen LogP contribution in [-0.2, 0) is 4.79 Å². The molecular formula is C25H21ClN4O6. The molecule has 0 unspecified atom stereocenters. The highest BCUT2D eigenvalue weighted by Crippen LogP contribution is 2.28. The van der Waals surface area contributed by atoms with E-state index in [1.54, 1.807) is 37.3 Å². The van der Waals surface area contributed by atoms with E-state index in [1.807, 2.05) is 0 Å². The molecule has 3 aromatic rings. The predicted molar refractivity (Wildman–Crippen MR) is 135 cm³/mol. The molecule has 3 N–H and O–H groups in total.